The summed E-state index contributed by atoms with van der Waals surface area (Å²) in [5.41, 5.74) is -1.63. The van der Waals surface area contributed by atoms with Crippen LogP contribution in [-0.2, 0) is 25.2 Å². The SMILES string of the molecule is COc1ccccc1Oc1ccc(C(F)(F)F)cc1NC=C1C(=O)OC(C)(C)OC1=O. The molecule has 3 rings (SSSR count). The van der Waals surface area contributed by atoms with Crippen LogP contribution in [0.15, 0.2) is 54.2 Å². The molecule has 0 saturated carbocycles. The molecule has 2 aromatic carbocycles. The van der Waals surface area contributed by atoms with Crippen molar-refractivity contribution in [2.45, 2.75) is 25.8 Å². The van der Waals surface area contributed by atoms with Crippen LogP contribution in [0.4, 0.5) is 18.9 Å². The van der Waals surface area contributed by atoms with Gasteiger partial charge in [-0.05, 0) is 30.3 Å². The summed E-state index contributed by atoms with van der Waals surface area (Å²) >= 11 is 0. The molecule has 0 unspecified atom stereocenters. The van der Waals surface area contributed by atoms with Crippen molar-refractivity contribution in [3.8, 4) is 17.2 Å². The summed E-state index contributed by atoms with van der Waals surface area (Å²) in [5, 5.41) is 2.51. The van der Waals surface area contributed by atoms with Crippen molar-refractivity contribution < 1.29 is 41.7 Å². The van der Waals surface area contributed by atoms with Gasteiger partial charge in [-0.1, -0.05) is 12.1 Å². The maximum atomic E-state index is 13.2. The lowest BCUT2D eigenvalue weighted by molar-refractivity contribution is -0.222. The Morgan fingerprint density at radius 1 is 0.968 bits per heavy atom. The first-order valence-corrected chi connectivity index (χ1v) is 8.96. The lowest BCUT2D eigenvalue weighted by Gasteiger charge is -2.29. The summed E-state index contributed by atoms with van der Waals surface area (Å²) in [5.74, 6) is -2.81. The fourth-order valence-electron chi connectivity index (χ4n) is 2.66. The molecule has 0 aromatic heterocycles. The molecule has 2 aromatic rings. The van der Waals surface area contributed by atoms with Crippen LogP contribution >= 0.6 is 0 Å². The van der Waals surface area contributed by atoms with Crippen LogP contribution in [0.1, 0.15) is 19.4 Å². The third kappa shape index (κ3) is 5.08. The molecule has 10 heteroatoms. The van der Waals surface area contributed by atoms with Crippen LogP contribution in [0.25, 0.3) is 0 Å². The van der Waals surface area contributed by atoms with Gasteiger partial charge in [0, 0.05) is 20.0 Å². The van der Waals surface area contributed by atoms with Crippen LogP contribution in [0.5, 0.6) is 17.2 Å². The number of halogens is 3. The summed E-state index contributed by atoms with van der Waals surface area (Å²) in [4.78, 5) is 24.1. The largest absolute Gasteiger partial charge is 0.493 e. The molecule has 0 spiro atoms. The Labute approximate surface area is 175 Å². The highest BCUT2D eigenvalue weighted by molar-refractivity contribution is 6.15. The highest BCUT2D eigenvalue weighted by Gasteiger charge is 2.39. The minimum Gasteiger partial charge on any atom is -0.493 e. The average molecular weight is 437 g/mol. The van der Waals surface area contributed by atoms with E-state index in [1.54, 1.807) is 24.3 Å². The molecular weight excluding hydrogens is 419 g/mol. The van der Waals surface area contributed by atoms with Gasteiger partial charge >= 0.3 is 18.1 Å². The summed E-state index contributed by atoms with van der Waals surface area (Å²) in [6.45, 7) is 2.75. The van der Waals surface area contributed by atoms with Gasteiger partial charge in [-0.3, -0.25) is 0 Å². The van der Waals surface area contributed by atoms with E-state index < -0.39 is 35.0 Å². The lowest BCUT2D eigenvalue weighted by atomic mass is 10.1. The predicted octanol–water partition coefficient (Wildman–Crippen LogP) is 4.64. The molecule has 164 valence electrons. The normalized spacial score (nSPS) is 15.6. The van der Waals surface area contributed by atoms with E-state index in [4.69, 9.17) is 18.9 Å². The number of carbonyl (C=O) groups is 2. The molecule has 1 saturated heterocycles. The second-order valence-corrected chi connectivity index (χ2v) is 6.84. The van der Waals surface area contributed by atoms with E-state index in [9.17, 15) is 22.8 Å². The van der Waals surface area contributed by atoms with Gasteiger partial charge in [0.2, 0.25) is 0 Å². The average Bonchev–Trinajstić information content (AvgIpc) is 2.67. The Morgan fingerprint density at radius 3 is 2.16 bits per heavy atom. The minimum absolute atomic E-state index is 0.00720. The molecule has 31 heavy (non-hydrogen) atoms. The van der Waals surface area contributed by atoms with Gasteiger partial charge in [-0.25, -0.2) is 9.59 Å². The Bertz CT molecular complexity index is 1020. The molecule has 1 heterocycles. The van der Waals surface area contributed by atoms with Crippen molar-refractivity contribution >= 4 is 17.6 Å². The molecule has 0 aliphatic carbocycles. The van der Waals surface area contributed by atoms with Crippen molar-refractivity contribution in [2.24, 2.45) is 0 Å². The number of anilines is 1. The maximum absolute atomic E-state index is 13.2. The summed E-state index contributed by atoms with van der Waals surface area (Å²) in [6, 6.07) is 9.27. The fraction of sp³-hybridized carbons (Fsp3) is 0.238. The number of esters is 2. The fourth-order valence-corrected chi connectivity index (χ4v) is 2.66. The first-order chi connectivity index (χ1) is 14.5. The summed E-state index contributed by atoms with van der Waals surface area (Å²) in [6.07, 6.45) is -3.72. The number of ether oxygens (including phenoxy) is 4. The quantitative estimate of drug-likeness (QED) is 0.415. The highest BCUT2D eigenvalue weighted by Crippen LogP contribution is 2.39. The predicted molar refractivity (Wildman–Crippen MR) is 102 cm³/mol. The maximum Gasteiger partial charge on any atom is 0.416 e. The summed E-state index contributed by atoms with van der Waals surface area (Å²) in [7, 11) is 1.42. The number of hydrogen-bond acceptors (Lipinski definition) is 7. The first-order valence-electron chi connectivity index (χ1n) is 8.96. The van der Waals surface area contributed by atoms with Crippen molar-refractivity contribution in [3.63, 3.8) is 0 Å². The van der Waals surface area contributed by atoms with Crippen molar-refractivity contribution in [1.29, 1.82) is 0 Å². The van der Waals surface area contributed by atoms with Gasteiger partial charge in [0.05, 0.1) is 18.4 Å². The summed E-state index contributed by atoms with van der Waals surface area (Å²) < 4.78 is 60.4. The van der Waals surface area contributed by atoms with E-state index in [0.29, 0.717) is 5.75 Å². The minimum atomic E-state index is -4.63. The molecule has 1 aliphatic rings. The number of para-hydroxylation sites is 2. The molecule has 1 fully saturated rings. The topological polar surface area (TPSA) is 83.1 Å². The molecule has 0 bridgehead atoms. The third-order valence-electron chi connectivity index (χ3n) is 4.08. The van der Waals surface area contributed by atoms with Crippen molar-refractivity contribution in [2.75, 3.05) is 12.4 Å². The van der Waals surface area contributed by atoms with E-state index in [0.717, 1.165) is 24.4 Å². The Kier molecular flexibility index (Phi) is 5.83. The molecule has 1 N–H and O–H groups in total. The standard InChI is InChI=1S/C21H18F3NO6/c1-20(2)30-18(26)13(19(27)31-20)11-25-14-10-12(21(22,23)24)8-9-15(14)29-17-7-5-4-6-16(17)28-3/h4-11,25H,1-3H3. The van der Waals surface area contributed by atoms with E-state index in [1.165, 1.54) is 21.0 Å². The van der Waals surface area contributed by atoms with Crippen molar-refractivity contribution in [3.05, 3.63) is 59.8 Å². The first kappa shape index (κ1) is 22.0. The molecule has 0 radical (unpaired) electrons. The Morgan fingerprint density at radius 2 is 1.58 bits per heavy atom. The smallest absolute Gasteiger partial charge is 0.416 e. The second kappa shape index (κ2) is 8.21. The number of carbonyl (C=O) groups excluding carboxylic acids is 2. The number of methoxy groups -OCH3 is 1. The van der Waals surface area contributed by atoms with Crippen molar-refractivity contribution in [1.82, 2.24) is 0 Å². The van der Waals surface area contributed by atoms with Crippen LogP contribution in [0.2, 0.25) is 0 Å². The van der Waals surface area contributed by atoms with Gasteiger partial charge in [0.15, 0.2) is 22.8 Å². The van der Waals surface area contributed by atoms with E-state index >= 15 is 0 Å². The second-order valence-electron chi connectivity index (χ2n) is 6.84. The third-order valence-corrected chi connectivity index (χ3v) is 4.08. The molecule has 0 amide bonds. The van der Waals surface area contributed by atoms with Crippen LogP contribution < -0.4 is 14.8 Å². The van der Waals surface area contributed by atoms with Gasteiger partial charge in [0.1, 0.15) is 0 Å². The van der Waals surface area contributed by atoms with Gasteiger partial charge < -0.3 is 24.3 Å². The number of nitrogens with one attached hydrogen (secondary N) is 1. The van der Waals surface area contributed by atoms with Gasteiger partial charge in [-0.15, -0.1) is 0 Å². The monoisotopic (exact) mass is 437 g/mol. The molecule has 1 aliphatic heterocycles. The van der Waals surface area contributed by atoms with E-state index in [2.05, 4.69) is 5.32 Å². The van der Waals surface area contributed by atoms with Crippen LogP contribution in [0.3, 0.4) is 0 Å². The number of hydrogen-bond donors (Lipinski definition) is 1. The molecule has 7 nitrogen and oxygen atoms in total. The molecule has 0 atom stereocenters. The molecular formula is C21H18F3NO6. The highest BCUT2D eigenvalue weighted by atomic mass is 19.4. The number of cyclic esters (lactones) is 2. The zero-order valence-corrected chi connectivity index (χ0v) is 16.7. The van der Waals surface area contributed by atoms with E-state index in [-0.39, 0.29) is 17.2 Å². The van der Waals surface area contributed by atoms with E-state index in [1.807, 2.05) is 0 Å². The Hall–Kier alpha value is -3.69. The van der Waals surface area contributed by atoms with Crippen LogP contribution in [-0.4, -0.2) is 24.8 Å². The van der Waals surface area contributed by atoms with Gasteiger partial charge in [0.25, 0.3) is 5.79 Å². The van der Waals surface area contributed by atoms with Crippen LogP contribution in [0, 0.1) is 0 Å². The zero-order valence-electron chi connectivity index (χ0n) is 16.7. The Balaban J connectivity index is 1.97. The lowest BCUT2D eigenvalue weighted by Crippen LogP contribution is -2.42. The van der Waals surface area contributed by atoms with Gasteiger partial charge in [-0.2, -0.15) is 13.2 Å². The zero-order chi connectivity index (χ0) is 22.8. The number of alkyl halides is 3. The number of benzene rings is 2. The number of rotatable bonds is 5.